The van der Waals surface area contributed by atoms with Crippen molar-refractivity contribution in [3.63, 3.8) is 0 Å². The van der Waals surface area contributed by atoms with Crippen molar-refractivity contribution in [1.29, 1.82) is 0 Å². The van der Waals surface area contributed by atoms with Gasteiger partial charge in [-0.25, -0.2) is 4.39 Å². The Morgan fingerprint density at radius 3 is 2.57 bits per heavy atom. The Kier molecular flexibility index (Phi) is 4.85. The van der Waals surface area contributed by atoms with Crippen molar-refractivity contribution < 1.29 is 13.9 Å². The van der Waals surface area contributed by atoms with Gasteiger partial charge in [0.1, 0.15) is 5.75 Å². The molecule has 0 unspecified atom stereocenters. The average molecular weight is 320 g/mol. The summed E-state index contributed by atoms with van der Waals surface area (Å²) in [5, 5.41) is 0. The minimum Gasteiger partial charge on any atom is -0.497 e. The van der Waals surface area contributed by atoms with Crippen LogP contribution < -0.4 is 4.74 Å². The maximum Gasteiger partial charge on any atom is 0.260 e. The maximum absolute atomic E-state index is 15.0. The molecule has 0 N–H and O–H groups in total. The lowest BCUT2D eigenvalue weighted by atomic mass is 9.91. The molecule has 0 spiro atoms. The van der Waals surface area contributed by atoms with Crippen LogP contribution >= 0.6 is 0 Å². The fraction of sp³-hybridized carbons (Fsp3) is 0.611. The topological polar surface area (TPSA) is 32.8 Å². The van der Waals surface area contributed by atoms with Gasteiger partial charge in [-0.1, -0.05) is 12.1 Å². The summed E-state index contributed by atoms with van der Waals surface area (Å²) in [6, 6.07) is 7.94. The Hall–Kier alpha value is -1.62. The molecule has 2 heterocycles. The van der Waals surface area contributed by atoms with E-state index in [-0.39, 0.29) is 5.91 Å². The van der Waals surface area contributed by atoms with Crippen molar-refractivity contribution in [3.05, 3.63) is 29.8 Å². The zero-order chi connectivity index (χ0) is 16.3. The summed E-state index contributed by atoms with van der Waals surface area (Å²) in [6.45, 7) is 3.45. The zero-order valence-electron chi connectivity index (χ0n) is 13.8. The highest BCUT2D eigenvalue weighted by Gasteiger charge is 2.44. The quantitative estimate of drug-likeness (QED) is 0.855. The van der Waals surface area contributed by atoms with Crippen LogP contribution in [0, 0.1) is 0 Å². The molecule has 0 atom stereocenters. The molecule has 0 saturated carbocycles. The largest absolute Gasteiger partial charge is 0.497 e. The number of nitrogens with zero attached hydrogens (tertiary/aromatic N) is 2. The fourth-order valence-electron chi connectivity index (χ4n) is 3.51. The van der Waals surface area contributed by atoms with Gasteiger partial charge in [-0.3, -0.25) is 9.69 Å². The van der Waals surface area contributed by atoms with Gasteiger partial charge in [0.25, 0.3) is 5.91 Å². The van der Waals surface area contributed by atoms with Crippen LogP contribution in [0.2, 0.25) is 0 Å². The van der Waals surface area contributed by atoms with E-state index in [1.807, 2.05) is 18.2 Å². The lowest BCUT2D eigenvalue weighted by Crippen LogP contribution is -2.51. The van der Waals surface area contributed by atoms with Crippen molar-refractivity contribution in [1.82, 2.24) is 9.80 Å². The number of hydrogen-bond acceptors (Lipinski definition) is 3. The van der Waals surface area contributed by atoms with E-state index in [2.05, 4.69) is 11.0 Å². The first kappa shape index (κ1) is 16.2. The van der Waals surface area contributed by atoms with E-state index >= 15 is 4.39 Å². The van der Waals surface area contributed by atoms with Crippen molar-refractivity contribution in [2.75, 3.05) is 33.3 Å². The Bertz CT molecular complexity index is 550. The number of ether oxygens (including phenoxy) is 1. The van der Waals surface area contributed by atoms with Crippen LogP contribution in [0.1, 0.15) is 31.2 Å². The van der Waals surface area contributed by atoms with Crippen LogP contribution in [0.3, 0.4) is 0 Å². The molecule has 0 aromatic heterocycles. The second kappa shape index (κ2) is 6.87. The molecule has 2 saturated heterocycles. The number of carbonyl (C=O) groups excluding carboxylic acids is 1. The minimum atomic E-state index is -1.66. The van der Waals surface area contributed by atoms with Crippen LogP contribution in [-0.2, 0) is 11.3 Å². The summed E-state index contributed by atoms with van der Waals surface area (Å²) < 4.78 is 20.2. The highest BCUT2D eigenvalue weighted by atomic mass is 19.1. The normalized spacial score (nSPS) is 21.4. The van der Waals surface area contributed by atoms with E-state index in [0.29, 0.717) is 25.9 Å². The highest BCUT2D eigenvalue weighted by molar-refractivity contribution is 5.85. The number of halogens is 1. The summed E-state index contributed by atoms with van der Waals surface area (Å²) in [6.07, 6.45) is 2.60. The van der Waals surface area contributed by atoms with Gasteiger partial charge in [0.05, 0.1) is 7.11 Å². The molecule has 1 amide bonds. The zero-order valence-corrected chi connectivity index (χ0v) is 13.8. The molecule has 2 fully saturated rings. The number of benzene rings is 1. The third-order valence-electron chi connectivity index (χ3n) is 4.97. The van der Waals surface area contributed by atoms with Crippen molar-refractivity contribution in [2.24, 2.45) is 0 Å². The first-order valence-electron chi connectivity index (χ1n) is 8.44. The summed E-state index contributed by atoms with van der Waals surface area (Å²) in [5.41, 5.74) is -0.503. The molecule has 0 radical (unpaired) electrons. The van der Waals surface area contributed by atoms with Crippen LogP contribution in [0.4, 0.5) is 4.39 Å². The van der Waals surface area contributed by atoms with Gasteiger partial charge in [0, 0.05) is 45.6 Å². The van der Waals surface area contributed by atoms with E-state index < -0.39 is 5.67 Å². The van der Waals surface area contributed by atoms with Crippen LogP contribution in [0.15, 0.2) is 24.3 Å². The fourth-order valence-corrected chi connectivity index (χ4v) is 3.51. The molecule has 5 heteroatoms. The number of piperidine rings is 1. The van der Waals surface area contributed by atoms with Gasteiger partial charge in [0.2, 0.25) is 0 Å². The second-order valence-corrected chi connectivity index (χ2v) is 6.59. The van der Waals surface area contributed by atoms with Gasteiger partial charge in [-0.2, -0.15) is 0 Å². The Labute approximate surface area is 137 Å². The maximum atomic E-state index is 15.0. The van der Waals surface area contributed by atoms with Crippen molar-refractivity contribution in [3.8, 4) is 5.75 Å². The molecule has 23 heavy (non-hydrogen) atoms. The molecule has 4 nitrogen and oxygen atoms in total. The standard InChI is InChI=1S/C18H25FN2O2/c1-23-16-6-4-5-15(13-16)14-20-11-7-18(19,8-12-20)17(22)21-9-2-3-10-21/h4-6,13H,2-3,7-12,14H2,1H3. The smallest absolute Gasteiger partial charge is 0.260 e. The molecule has 0 aliphatic carbocycles. The second-order valence-electron chi connectivity index (χ2n) is 6.59. The molecule has 1 aromatic rings. The Morgan fingerprint density at radius 1 is 1.22 bits per heavy atom. The molecular weight excluding hydrogens is 295 g/mol. The van der Waals surface area contributed by atoms with Gasteiger partial charge in [-0.05, 0) is 30.5 Å². The van der Waals surface area contributed by atoms with E-state index in [1.54, 1.807) is 12.0 Å². The third-order valence-corrected chi connectivity index (χ3v) is 4.97. The van der Waals surface area contributed by atoms with Gasteiger partial charge < -0.3 is 9.64 Å². The number of carbonyl (C=O) groups is 1. The summed E-state index contributed by atoms with van der Waals surface area (Å²) >= 11 is 0. The summed E-state index contributed by atoms with van der Waals surface area (Å²) in [7, 11) is 1.65. The summed E-state index contributed by atoms with van der Waals surface area (Å²) in [5.74, 6) is 0.555. The lowest BCUT2D eigenvalue weighted by Gasteiger charge is -2.37. The number of methoxy groups -OCH3 is 1. The number of alkyl halides is 1. The number of rotatable bonds is 4. The monoisotopic (exact) mass is 320 g/mol. The number of amides is 1. The van der Waals surface area contributed by atoms with E-state index in [0.717, 1.165) is 43.8 Å². The predicted octanol–water partition coefficient (Wildman–Crippen LogP) is 2.62. The molecule has 3 rings (SSSR count). The first-order chi connectivity index (χ1) is 11.1. The van der Waals surface area contributed by atoms with Gasteiger partial charge >= 0.3 is 0 Å². The molecule has 0 bridgehead atoms. The molecular formula is C18H25FN2O2. The third kappa shape index (κ3) is 3.66. The predicted molar refractivity (Wildman–Crippen MR) is 87.2 cm³/mol. The van der Waals surface area contributed by atoms with Crippen molar-refractivity contribution in [2.45, 2.75) is 37.9 Å². The molecule has 1 aromatic carbocycles. The minimum absolute atomic E-state index is 0.281. The average Bonchev–Trinajstić information content (AvgIpc) is 3.11. The van der Waals surface area contributed by atoms with E-state index in [9.17, 15) is 4.79 Å². The Morgan fingerprint density at radius 2 is 1.91 bits per heavy atom. The number of likely N-dealkylation sites (tertiary alicyclic amines) is 2. The van der Waals surface area contributed by atoms with E-state index in [4.69, 9.17) is 4.74 Å². The summed E-state index contributed by atoms with van der Waals surface area (Å²) in [4.78, 5) is 16.3. The first-order valence-corrected chi connectivity index (χ1v) is 8.44. The molecule has 2 aliphatic rings. The molecule has 2 aliphatic heterocycles. The van der Waals surface area contributed by atoms with Crippen LogP contribution in [-0.4, -0.2) is 54.7 Å². The van der Waals surface area contributed by atoms with Gasteiger partial charge in [0.15, 0.2) is 5.67 Å². The Balaban J connectivity index is 1.56. The lowest BCUT2D eigenvalue weighted by molar-refractivity contribution is -0.146. The van der Waals surface area contributed by atoms with Gasteiger partial charge in [-0.15, -0.1) is 0 Å². The van der Waals surface area contributed by atoms with Crippen LogP contribution in [0.5, 0.6) is 5.75 Å². The van der Waals surface area contributed by atoms with Crippen LogP contribution in [0.25, 0.3) is 0 Å². The van der Waals surface area contributed by atoms with Crippen molar-refractivity contribution >= 4 is 5.91 Å². The number of hydrogen-bond donors (Lipinski definition) is 0. The molecule has 126 valence electrons. The van der Waals surface area contributed by atoms with E-state index in [1.165, 1.54) is 0 Å². The SMILES string of the molecule is COc1cccc(CN2CCC(F)(C(=O)N3CCCC3)CC2)c1. The highest BCUT2D eigenvalue weighted by Crippen LogP contribution is 2.31.